The van der Waals surface area contributed by atoms with E-state index in [-0.39, 0.29) is 36.0 Å². The van der Waals surface area contributed by atoms with E-state index in [1.165, 1.54) is 30.3 Å². The molecule has 0 saturated carbocycles. The predicted molar refractivity (Wildman–Crippen MR) is 99.8 cm³/mol. The topological polar surface area (TPSA) is 140 Å². The second-order valence-electron chi connectivity index (χ2n) is 6.56. The number of hydrogen-bond acceptors (Lipinski definition) is 8. The Morgan fingerprint density at radius 2 is 1.64 bits per heavy atom. The molecular weight excluding hydrogens is 368 g/mol. The van der Waals surface area contributed by atoms with Crippen LogP contribution in [0.4, 0.5) is 0 Å². The number of phenols is 3. The molecule has 8 heteroatoms. The van der Waals surface area contributed by atoms with E-state index in [0.29, 0.717) is 11.1 Å². The summed E-state index contributed by atoms with van der Waals surface area (Å²) in [6.07, 6.45) is -1.02. The first-order chi connectivity index (χ1) is 13.4. The third kappa shape index (κ3) is 4.73. The molecule has 1 aliphatic rings. The van der Waals surface area contributed by atoms with E-state index in [1.54, 1.807) is 18.2 Å². The molecule has 1 fully saturated rings. The molecule has 8 nitrogen and oxygen atoms in total. The van der Waals surface area contributed by atoms with Crippen LogP contribution in [-0.4, -0.2) is 61.8 Å². The highest BCUT2D eigenvalue weighted by molar-refractivity contribution is 5.72. The summed E-state index contributed by atoms with van der Waals surface area (Å²) in [5.41, 5.74) is 1.19. The summed E-state index contributed by atoms with van der Waals surface area (Å²) < 4.78 is 10.9. The number of rotatable bonds is 5. The third-order valence-corrected chi connectivity index (χ3v) is 4.33. The second-order valence-corrected chi connectivity index (χ2v) is 6.56. The molecule has 1 saturated heterocycles. The van der Waals surface area contributed by atoms with Crippen molar-refractivity contribution in [3.8, 4) is 23.0 Å². The number of phenolic OH excluding ortho intramolecular Hbond substituents is 3. The zero-order valence-corrected chi connectivity index (χ0v) is 14.8. The van der Waals surface area contributed by atoms with Gasteiger partial charge in [-0.25, -0.2) is 0 Å². The highest BCUT2D eigenvalue weighted by atomic mass is 16.7. The fourth-order valence-electron chi connectivity index (χ4n) is 2.89. The van der Waals surface area contributed by atoms with E-state index in [9.17, 15) is 30.6 Å². The van der Waals surface area contributed by atoms with E-state index < -0.39 is 24.6 Å². The quantitative estimate of drug-likeness (QED) is 0.418. The van der Waals surface area contributed by atoms with Crippen LogP contribution < -0.4 is 4.74 Å². The summed E-state index contributed by atoms with van der Waals surface area (Å²) >= 11 is 0. The fraction of sp³-hybridized carbons (Fsp3) is 0.300. The van der Waals surface area contributed by atoms with Gasteiger partial charge in [0, 0.05) is 12.5 Å². The highest BCUT2D eigenvalue weighted by Gasteiger charge is 2.38. The molecule has 1 heterocycles. The van der Waals surface area contributed by atoms with Gasteiger partial charge in [0.1, 0.15) is 17.6 Å². The molecule has 2 aromatic carbocycles. The summed E-state index contributed by atoms with van der Waals surface area (Å²) in [5, 5.41) is 58.2. The maximum absolute atomic E-state index is 10.1. The lowest BCUT2D eigenvalue weighted by Gasteiger charge is -2.36. The largest absolute Gasteiger partial charge is 0.508 e. The monoisotopic (exact) mass is 390 g/mol. The summed E-state index contributed by atoms with van der Waals surface area (Å²) in [5.74, 6) is -0.316. The van der Waals surface area contributed by atoms with Crippen LogP contribution >= 0.6 is 0 Å². The van der Waals surface area contributed by atoms with Crippen molar-refractivity contribution in [1.82, 2.24) is 0 Å². The number of aromatic hydroxyl groups is 3. The van der Waals surface area contributed by atoms with Crippen molar-refractivity contribution in [2.75, 3.05) is 6.61 Å². The maximum Gasteiger partial charge on any atom is 0.229 e. The standard InChI is InChI=1S/C20H22O8/c21-10-15-9-17(25)19(26)20(27-15)28-18-7-11(3-4-16(18)24)1-2-12-5-13(22)8-14(23)6-12/h1-8,15,17,19-26H,9-10H2/b2-1+/t15-,17-,19?,20-/m0/s1. The fourth-order valence-corrected chi connectivity index (χ4v) is 2.89. The minimum Gasteiger partial charge on any atom is -0.508 e. The van der Waals surface area contributed by atoms with Gasteiger partial charge in [-0.05, 0) is 35.4 Å². The van der Waals surface area contributed by atoms with Crippen molar-refractivity contribution in [2.24, 2.45) is 0 Å². The number of benzene rings is 2. The van der Waals surface area contributed by atoms with Crippen LogP contribution in [0.1, 0.15) is 17.5 Å². The number of ether oxygens (including phenoxy) is 2. The highest BCUT2D eigenvalue weighted by Crippen LogP contribution is 2.32. The third-order valence-electron chi connectivity index (χ3n) is 4.33. The first-order valence-electron chi connectivity index (χ1n) is 8.69. The molecule has 3 rings (SSSR count). The Kier molecular flexibility index (Phi) is 6.05. The number of hydrogen-bond donors (Lipinski definition) is 6. The lowest BCUT2D eigenvalue weighted by Crippen LogP contribution is -2.51. The van der Waals surface area contributed by atoms with Crippen LogP contribution in [0.5, 0.6) is 23.0 Å². The first-order valence-corrected chi connectivity index (χ1v) is 8.69. The average Bonchev–Trinajstić information content (AvgIpc) is 2.65. The SMILES string of the molecule is OC[C@@H]1C[C@H](O)C(O)[C@H](Oc2cc(/C=C/c3cc(O)cc(O)c3)ccc2O)O1. The Morgan fingerprint density at radius 1 is 0.964 bits per heavy atom. The van der Waals surface area contributed by atoms with Crippen molar-refractivity contribution < 1.29 is 40.1 Å². The van der Waals surface area contributed by atoms with Gasteiger partial charge in [-0.15, -0.1) is 0 Å². The Bertz CT molecular complexity index is 830. The van der Waals surface area contributed by atoms with Crippen LogP contribution in [0, 0.1) is 0 Å². The Morgan fingerprint density at radius 3 is 2.32 bits per heavy atom. The molecular formula is C20H22O8. The van der Waals surface area contributed by atoms with E-state index in [2.05, 4.69) is 0 Å². The predicted octanol–water partition coefficient (Wildman–Crippen LogP) is 1.18. The summed E-state index contributed by atoms with van der Waals surface area (Å²) in [4.78, 5) is 0. The molecule has 4 atom stereocenters. The molecule has 2 aromatic rings. The van der Waals surface area contributed by atoms with Crippen molar-refractivity contribution in [3.05, 3.63) is 47.5 Å². The molecule has 150 valence electrons. The van der Waals surface area contributed by atoms with Gasteiger partial charge in [0.25, 0.3) is 0 Å². The molecule has 6 N–H and O–H groups in total. The van der Waals surface area contributed by atoms with Crippen LogP contribution in [0.15, 0.2) is 36.4 Å². The van der Waals surface area contributed by atoms with E-state index >= 15 is 0 Å². The van der Waals surface area contributed by atoms with Crippen LogP contribution in [-0.2, 0) is 4.74 Å². The Balaban J connectivity index is 1.78. The molecule has 0 radical (unpaired) electrons. The van der Waals surface area contributed by atoms with Gasteiger partial charge in [0.2, 0.25) is 6.29 Å². The lowest BCUT2D eigenvalue weighted by molar-refractivity contribution is -0.241. The minimum absolute atomic E-state index is 0.0238. The lowest BCUT2D eigenvalue weighted by atomic mass is 10.0. The van der Waals surface area contributed by atoms with Gasteiger partial charge in [0.05, 0.1) is 18.8 Å². The Labute approximate surface area is 161 Å². The first kappa shape index (κ1) is 20.0. The van der Waals surface area contributed by atoms with Crippen LogP contribution in [0.3, 0.4) is 0 Å². The van der Waals surface area contributed by atoms with E-state index in [1.807, 2.05) is 0 Å². The zero-order chi connectivity index (χ0) is 20.3. The van der Waals surface area contributed by atoms with Gasteiger partial charge >= 0.3 is 0 Å². The summed E-state index contributed by atoms with van der Waals surface area (Å²) in [6.45, 7) is -0.338. The smallest absolute Gasteiger partial charge is 0.229 e. The van der Waals surface area contributed by atoms with Crippen molar-refractivity contribution in [2.45, 2.75) is 31.0 Å². The molecule has 1 unspecified atom stereocenters. The van der Waals surface area contributed by atoms with Crippen molar-refractivity contribution >= 4 is 12.2 Å². The molecule has 0 aliphatic carbocycles. The molecule has 1 aliphatic heterocycles. The van der Waals surface area contributed by atoms with Gasteiger partial charge in [-0.2, -0.15) is 0 Å². The van der Waals surface area contributed by atoms with Gasteiger partial charge in [0.15, 0.2) is 11.5 Å². The van der Waals surface area contributed by atoms with Gasteiger partial charge < -0.3 is 40.1 Å². The number of aliphatic hydroxyl groups is 3. The van der Waals surface area contributed by atoms with Crippen LogP contribution in [0.2, 0.25) is 0 Å². The molecule has 28 heavy (non-hydrogen) atoms. The normalized spacial score (nSPS) is 25.1. The summed E-state index contributed by atoms with van der Waals surface area (Å²) in [7, 11) is 0. The average molecular weight is 390 g/mol. The molecule has 0 spiro atoms. The maximum atomic E-state index is 10.1. The van der Waals surface area contributed by atoms with Gasteiger partial charge in [-0.3, -0.25) is 0 Å². The van der Waals surface area contributed by atoms with Crippen molar-refractivity contribution in [1.29, 1.82) is 0 Å². The molecule has 0 amide bonds. The van der Waals surface area contributed by atoms with Crippen LogP contribution in [0.25, 0.3) is 12.2 Å². The van der Waals surface area contributed by atoms with E-state index in [4.69, 9.17) is 9.47 Å². The van der Waals surface area contributed by atoms with Gasteiger partial charge in [-0.1, -0.05) is 18.2 Å². The second kappa shape index (κ2) is 8.49. The van der Waals surface area contributed by atoms with E-state index in [0.717, 1.165) is 0 Å². The molecule has 0 aromatic heterocycles. The number of aliphatic hydroxyl groups excluding tert-OH is 3. The summed E-state index contributed by atoms with van der Waals surface area (Å²) in [6, 6.07) is 8.66. The zero-order valence-electron chi connectivity index (χ0n) is 14.8. The molecule has 0 bridgehead atoms. The Hall–Kier alpha value is -2.78. The van der Waals surface area contributed by atoms with Crippen molar-refractivity contribution in [3.63, 3.8) is 0 Å². The minimum atomic E-state index is -1.34.